The molecule has 0 radical (unpaired) electrons. The van der Waals surface area contributed by atoms with Gasteiger partial charge in [0, 0.05) is 5.56 Å². The van der Waals surface area contributed by atoms with Crippen molar-refractivity contribution >= 4 is 29.5 Å². The number of aromatic nitrogens is 2. The number of nitrogens with two attached hydrogens (primary N) is 1. The zero-order chi connectivity index (χ0) is 17.0. The van der Waals surface area contributed by atoms with E-state index in [0.717, 1.165) is 4.68 Å². The molecule has 1 aromatic carbocycles. The summed E-state index contributed by atoms with van der Waals surface area (Å²) in [7, 11) is 1.54. The van der Waals surface area contributed by atoms with Crippen LogP contribution in [0.1, 0.15) is 27.6 Å². The molecular formula is C15H17N3O4S. The highest BCUT2D eigenvalue weighted by Crippen LogP contribution is 2.26. The van der Waals surface area contributed by atoms with Crippen molar-refractivity contribution in [1.82, 2.24) is 9.78 Å². The predicted molar refractivity (Wildman–Crippen MR) is 87.1 cm³/mol. The molecule has 0 unspecified atom stereocenters. The summed E-state index contributed by atoms with van der Waals surface area (Å²) < 4.78 is 11.0. The first-order valence-corrected chi connectivity index (χ1v) is 8.04. The Hall–Kier alpha value is -2.48. The van der Waals surface area contributed by atoms with E-state index in [4.69, 9.17) is 15.2 Å². The number of benzene rings is 1. The highest BCUT2D eigenvalue weighted by atomic mass is 32.2. The summed E-state index contributed by atoms with van der Waals surface area (Å²) in [5, 5.41) is 4.47. The molecular weight excluding hydrogens is 318 g/mol. The van der Waals surface area contributed by atoms with Crippen LogP contribution < -0.4 is 10.5 Å². The van der Waals surface area contributed by atoms with Gasteiger partial charge in [0.25, 0.3) is 5.91 Å². The molecule has 2 N–H and O–H groups in total. The molecule has 0 aliphatic carbocycles. The molecule has 2 aromatic rings. The Morgan fingerprint density at radius 2 is 1.96 bits per heavy atom. The second-order valence-corrected chi connectivity index (χ2v) is 5.23. The lowest BCUT2D eigenvalue weighted by Gasteiger charge is -2.05. The summed E-state index contributed by atoms with van der Waals surface area (Å²) in [6.07, 6.45) is 1.74. The van der Waals surface area contributed by atoms with Gasteiger partial charge in [-0.1, -0.05) is 0 Å². The number of hydrogen-bond acceptors (Lipinski definition) is 7. The Morgan fingerprint density at radius 1 is 1.30 bits per heavy atom. The van der Waals surface area contributed by atoms with E-state index >= 15 is 0 Å². The van der Waals surface area contributed by atoms with Crippen LogP contribution >= 0.6 is 11.8 Å². The van der Waals surface area contributed by atoms with Crippen molar-refractivity contribution in [2.24, 2.45) is 0 Å². The first-order chi connectivity index (χ1) is 11.0. The zero-order valence-corrected chi connectivity index (χ0v) is 13.8. The van der Waals surface area contributed by atoms with Crippen LogP contribution in [0.5, 0.6) is 5.75 Å². The molecule has 23 heavy (non-hydrogen) atoms. The number of carbonyl (C=O) groups is 2. The molecule has 0 spiro atoms. The van der Waals surface area contributed by atoms with E-state index in [1.807, 2.05) is 0 Å². The van der Waals surface area contributed by atoms with E-state index in [1.54, 1.807) is 44.6 Å². The average molecular weight is 335 g/mol. The van der Waals surface area contributed by atoms with Gasteiger partial charge in [0.15, 0.2) is 0 Å². The van der Waals surface area contributed by atoms with Gasteiger partial charge in [-0.15, -0.1) is 11.8 Å². The smallest absolute Gasteiger partial charge is 0.344 e. The van der Waals surface area contributed by atoms with Crippen molar-refractivity contribution in [3.05, 3.63) is 35.4 Å². The Kier molecular flexibility index (Phi) is 5.28. The fourth-order valence-electron chi connectivity index (χ4n) is 1.96. The van der Waals surface area contributed by atoms with Crippen LogP contribution in [0.3, 0.4) is 0 Å². The van der Waals surface area contributed by atoms with Crippen molar-refractivity contribution in [3.8, 4) is 5.75 Å². The molecule has 122 valence electrons. The van der Waals surface area contributed by atoms with Gasteiger partial charge < -0.3 is 15.2 Å². The molecule has 0 bridgehead atoms. The van der Waals surface area contributed by atoms with E-state index in [9.17, 15) is 9.59 Å². The summed E-state index contributed by atoms with van der Waals surface area (Å²) in [4.78, 5) is 24.6. The SMILES string of the molecule is CCOC(=O)c1c(SC)nn(C(=O)c2ccc(OC)cc2)c1N. The number of ether oxygens (including phenoxy) is 2. The van der Waals surface area contributed by atoms with Gasteiger partial charge in [-0.25, -0.2) is 4.79 Å². The van der Waals surface area contributed by atoms with Gasteiger partial charge in [-0.2, -0.15) is 9.78 Å². The van der Waals surface area contributed by atoms with E-state index in [0.29, 0.717) is 16.3 Å². The normalized spacial score (nSPS) is 10.4. The molecule has 0 saturated carbocycles. The summed E-state index contributed by atoms with van der Waals surface area (Å²) in [6.45, 7) is 1.91. The summed E-state index contributed by atoms with van der Waals surface area (Å²) in [5.41, 5.74) is 6.44. The lowest BCUT2D eigenvalue weighted by molar-refractivity contribution is 0.0523. The molecule has 1 aromatic heterocycles. The van der Waals surface area contributed by atoms with Crippen molar-refractivity contribution in [2.45, 2.75) is 11.9 Å². The fourth-order valence-corrected chi connectivity index (χ4v) is 2.51. The van der Waals surface area contributed by atoms with Crippen LogP contribution in [0.15, 0.2) is 29.3 Å². The minimum Gasteiger partial charge on any atom is -0.497 e. The number of anilines is 1. The van der Waals surface area contributed by atoms with Crippen molar-refractivity contribution in [2.75, 3.05) is 25.7 Å². The topological polar surface area (TPSA) is 96.4 Å². The highest BCUT2D eigenvalue weighted by molar-refractivity contribution is 7.98. The Morgan fingerprint density at radius 3 is 2.48 bits per heavy atom. The molecule has 7 nitrogen and oxygen atoms in total. The first kappa shape index (κ1) is 16.9. The van der Waals surface area contributed by atoms with Gasteiger partial charge >= 0.3 is 5.97 Å². The maximum absolute atomic E-state index is 12.5. The first-order valence-electron chi connectivity index (χ1n) is 6.81. The number of rotatable bonds is 5. The lowest BCUT2D eigenvalue weighted by Crippen LogP contribution is -2.17. The Balaban J connectivity index is 2.42. The van der Waals surface area contributed by atoms with Gasteiger partial charge in [-0.3, -0.25) is 4.79 Å². The van der Waals surface area contributed by atoms with E-state index < -0.39 is 11.9 Å². The third-order valence-electron chi connectivity index (χ3n) is 3.09. The molecule has 0 amide bonds. The molecule has 0 saturated heterocycles. The number of nitrogen functional groups attached to an aromatic ring is 1. The Bertz CT molecular complexity index is 725. The second-order valence-electron chi connectivity index (χ2n) is 4.44. The maximum atomic E-state index is 12.5. The second kappa shape index (κ2) is 7.19. The maximum Gasteiger partial charge on any atom is 0.344 e. The van der Waals surface area contributed by atoms with Crippen LogP contribution in [0, 0.1) is 0 Å². The number of methoxy groups -OCH3 is 1. The molecule has 0 fully saturated rings. The third kappa shape index (κ3) is 3.31. The zero-order valence-electron chi connectivity index (χ0n) is 13.0. The van der Waals surface area contributed by atoms with E-state index in [1.165, 1.54) is 11.8 Å². The molecule has 8 heteroatoms. The van der Waals surface area contributed by atoms with Crippen LogP contribution in [0.2, 0.25) is 0 Å². The van der Waals surface area contributed by atoms with Gasteiger partial charge in [0.2, 0.25) is 0 Å². The summed E-state index contributed by atoms with van der Waals surface area (Å²) in [5.74, 6) is -0.431. The number of esters is 1. The van der Waals surface area contributed by atoms with Crippen molar-refractivity contribution < 1.29 is 19.1 Å². The number of hydrogen-bond donors (Lipinski definition) is 1. The monoisotopic (exact) mass is 335 g/mol. The molecule has 0 aliphatic heterocycles. The van der Waals surface area contributed by atoms with Crippen molar-refractivity contribution in [3.63, 3.8) is 0 Å². The van der Waals surface area contributed by atoms with Crippen molar-refractivity contribution in [1.29, 1.82) is 0 Å². The van der Waals surface area contributed by atoms with Crippen LogP contribution in [-0.4, -0.2) is 41.6 Å². The molecule has 0 atom stereocenters. The quantitative estimate of drug-likeness (QED) is 0.660. The van der Waals surface area contributed by atoms with Crippen LogP contribution in [0.25, 0.3) is 0 Å². The molecule has 2 rings (SSSR count). The van der Waals surface area contributed by atoms with E-state index in [-0.39, 0.29) is 18.0 Å². The number of carbonyl (C=O) groups excluding carboxylic acids is 2. The molecule has 0 aliphatic rings. The summed E-state index contributed by atoms with van der Waals surface area (Å²) in [6, 6.07) is 6.53. The summed E-state index contributed by atoms with van der Waals surface area (Å²) >= 11 is 1.22. The Labute approximate surface area is 137 Å². The minimum atomic E-state index is -0.594. The predicted octanol–water partition coefficient (Wildman–Crippen LogP) is 2.06. The number of thioether (sulfide) groups is 1. The van der Waals surface area contributed by atoms with Crippen LogP contribution in [0.4, 0.5) is 5.82 Å². The largest absolute Gasteiger partial charge is 0.497 e. The lowest BCUT2D eigenvalue weighted by atomic mass is 10.2. The fraction of sp³-hybridized carbons (Fsp3) is 0.267. The van der Waals surface area contributed by atoms with Gasteiger partial charge in [0.1, 0.15) is 22.2 Å². The minimum absolute atomic E-state index is 0.0337. The number of nitrogens with zero attached hydrogens (tertiary/aromatic N) is 2. The standard InChI is InChI=1S/C15H17N3O4S/c1-4-22-15(20)11-12(16)18(17-13(11)23-3)14(19)9-5-7-10(21-2)8-6-9/h5-8H,4,16H2,1-3H3. The highest BCUT2D eigenvalue weighted by Gasteiger charge is 2.26. The van der Waals surface area contributed by atoms with E-state index in [2.05, 4.69) is 5.10 Å². The van der Waals surface area contributed by atoms with Gasteiger partial charge in [-0.05, 0) is 37.4 Å². The third-order valence-corrected chi connectivity index (χ3v) is 3.76. The van der Waals surface area contributed by atoms with Crippen LogP contribution in [-0.2, 0) is 4.74 Å². The average Bonchev–Trinajstić information content (AvgIpc) is 2.91. The molecule has 1 heterocycles. The van der Waals surface area contributed by atoms with Gasteiger partial charge in [0.05, 0.1) is 13.7 Å².